The molecule has 0 bridgehead atoms. The standard InChI is InChI=1S/C11H17N3OS.ClH/c1-6-10(16-8(3)13-6)11(15)14-5-4-9(12)7(14)2;/h7,9H,4-5,12H2,1-3H3;1H. The highest BCUT2D eigenvalue weighted by Gasteiger charge is 2.33. The summed E-state index contributed by atoms with van der Waals surface area (Å²) in [5, 5.41) is 0.942. The molecule has 4 nitrogen and oxygen atoms in total. The molecule has 1 saturated heterocycles. The largest absolute Gasteiger partial charge is 0.334 e. The van der Waals surface area contributed by atoms with Crippen LogP contribution in [0.4, 0.5) is 0 Å². The molecule has 0 radical (unpaired) electrons. The minimum absolute atomic E-state index is 0. The van der Waals surface area contributed by atoms with Gasteiger partial charge in [0.05, 0.1) is 10.7 Å². The zero-order chi connectivity index (χ0) is 11.9. The summed E-state index contributed by atoms with van der Waals surface area (Å²) < 4.78 is 0. The number of nitrogens with two attached hydrogens (primary N) is 1. The van der Waals surface area contributed by atoms with Gasteiger partial charge in [0, 0.05) is 18.6 Å². The summed E-state index contributed by atoms with van der Waals surface area (Å²) in [5.74, 6) is 0.0866. The number of amides is 1. The van der Waals surface area contributed by atoms with Gasteiger partial charge in [-0.3, -0.25) is 4.79 Å². The van der Waals surface area contributed by atoms with Gasteiger partial charge in [0.2, 0.25) is 0 Å². The van der Waals surface area contributed by atoms with Crippen LogP contribution in [-0.4, -0.2) is 34.4 Å². The Morgan fingerprint density at radius 1 is 1.53 bits per heavy atom. The first-order chi connectivity index (χ1) is 7.50. The van der Waals surface area contributed by atoms with E-state index in [9.17, 15) is 4.79 Å². The first-order valence-electron chi connectivity index (χ1n) is 5.51. The molecule has 17 heavy (non-hydrogen) atoms. The number of carbonyl (C=O) groups is 1. The van der Waals surface area contributed by atoms with E-state index in [0.29, 0.717) is 0 Å². The second kappa shape index (κ2) is 5.33. The fraction of sp³-hybridized carbons (Fsp3) is 0.636. The van der Waals surface area contributed by atoms with E-state index in [2.05, 4.69) is 4.98 Å². The number of aromatic nitrogens is 1. The number of hydrogen-bond acceptors (Lipinski definition) is 4. The summed E-state index contributed by atoms with van der Waals surface area (Å²) in [7, 11) is 0. The van der Waals surface area contributed by atoms with Crippen LogP contribution in [0.3, 0.4) is 0 Å². The Morgan fingerprint density at radius 2 is 2.18 bits per heavy atom. The molecular formula is C11H18ClN3OS. The lowest BCUT2D eigenvalue weighted by Crippen LogP contribution is -2.40. The van der Waals surface area contributed by atoms with Crippen molar-refractivity contribution in [1.82, 2.24) is 9.88 Å². The van der Waals surface area contributed by atoms with Crippen molar-refractivity contribution in [2.24, 2.45) is 5.73 Å². The quantitative estimate of drug-likeness (QED) is 0.849. The first kappa shape index (κ1) is 14.4. The number of halogens is 1. The molecule has 6 heteroatoms. The van der Waals surface area contributed by atoms with Gasteiger partial charge in [0.1, 0.15) is 4.88 Å². The molecule has 2 rings (SSSR count). The van der Waals surface area contributed by atoms with Gasteiger partial charge in [0.25, 0.3) is 5.91 Å². The smallest absolute Gasteiger partial charge is 0.266 e. The average molecular weight is 276 g/mol. The molecule has 1 aliphatic rings. The van der Waals surface area contributed by atoms with Gasteiger partial charge >= 0.3 is 0 Å². The van der Waals surface area contributed by atoms with Crippen molar-refractivity contribution in [2.75, 3.05) is 6.54 Å². The zero-order valence-corrected chi connectivity index (χ0v) is 11.9. The number of aryl methyl sites for hydroxylation is 2. The Labute approximate surface area is 112 Å². The highest BCUT2D eigenvalue weighted by molar-refractivity contribution is 7.13. The molecule has 0 aromatic carbocycles. The molecule has 1 aromatic rings. The minimum Gasteiger partial charge on any atom is -0.334 e. The van der Waals surface area contributed by atoms with Crippen molar-refractivity contribution >= 4 is 29.7 Å². The van der Waals surface area contributed by atoms with Crippen LogP contribution in [0.5, 0.6) is 0 Å². The van der Waals surface area contributed by atoms with E-state index in [1.807, 2.05) is 25.7 Å². The highest BCUT2D eigenvalue weighted by Crippen LogP contribution is 2.24. The number of thiazole rings is 1. The number of nitrogens with zero attached hydrogens (tertiary/aromatic N) is 2. The van der Waals surface area contributed by atoms with Crippen LogP contribution in [0, 0.1) is 13.8 Å². The van der Waals surface area contributed by atoms with Gasteiger partial charge in [-0.2, -0.15) is 0 Å². The maximum atomic E-state index is 12.3. The third-order valence-electron chi connectivity index (χ3n) is 3.17. The van der Waals surface area contributed by atoms with Crippen LogP contribution >= 0.6 is 23.7 Å². The second-order valence-electron chi connectivity index (χ2n) is 4.34. The van der Waals surface area contributed by atoms with Gasteiger partial charge in [-0.05, 0) is 27.2 Å². The lowest BCUT2D eigenvalue weighted by molar-refractivity contribution is 0.0746. The predicted molar refractivity (Wildman–Crippen MR) is 71.9 cm³/mol. The van der Waals surface area contributed by atoms with E-state index in [1.165, 1.54) is 11.3 Å². The monoisotopic (exact) mass is 275 g/mol. The van der Waals surface area contributed by atoms with Crippen LogP contribution in [0.15, 0.2) is 0 Å². The molecule has 2 unspecified atom stereocenters. The van der Waals surface area contributed by atoms with E-state index < -0.39 is 0 Å². The normalized spacial score (nSPS) is 23.6. The summed E-state index contributed by atoms with van der Waals surface area (Å²) in [6.45, 7) is 6.58. The van der Waals surface area contributed by atoms with Crippen molar-refractivity contribution in [3.63, 3.8) is 0 Å². The van der Waals surface area contributed by atoms with Gasteiger partial charge < -0.3 is 10.6 Å². The average Bonchev–Trinajstić information content (AvgIpc) is 2.71. The molecule has 1 amide bonds. The molecule has 0 saturated carbocycles. The van der Waals surface area contributed by atoms with Crippen molar-refractivity contribution in [1.29, 1.82) is 0 Å². The lowest BCUT2D eigenvalue weighted by Gasteiger charge is -2.22. The Bertz CT molecular complexity index is 421. The van der Waals surface area contributed by atoms with Gasteiger partial charge in [-0.1, -0.05) is 0 Å². The molecule has 1 aromatic heterocycles. The predicted octanol–water partition coefficient (Wildman–Crippen LogP) is 1.74. The summed E-state index contributed by atoms with van der Waals surface area (Å²) in [6, 6.07) is 0.243. The molecule has 96 valence electrons. The van der Waals surface area contributed by atoms with Crippen molar-refractivity contribution in [3.05, 3.63) is 15.6 Å². The van der Waals surface area contributed by atoms with Gasteiger partial charge in [-0.25, -0.2) is 4.98 Å². The Balaban J connectivity index is 0.00000144. The van der Waals surface area contributed by atoms with Crippen molar-refractivity contribution in [2.45, 2.75) is 39.3 Å². The second-order valence-corrected chi connectivity index (χ2v) is 5.54. The van der Waals surface area contributed by atoms with Crippen LogP contribution in [0.1, 0.15) is 33.7 Å². The Kier molecular flexibility index (Phi) is 4.52. The van der Waals surface area contributed by atoms with Crippen LogP contribution < -0.4 is 5.73 Å². The Morgan fingerprint density at radius 3 is 2.59 bits per heavy atom. The fourth-order valence-electron chi connectivity index (χ4n) is 2.11. The third kappa shape index (κ3) is 2.61. The summed E-state index contributed by atoms with van der Waals surface area (Å²) in [5.41, 5.74) is 6.76. The molecule has 1 aliphatic heterocycles. The summed E-state index contributed by atoms with van der Waals surface area (Å²) in [6.07, 6.45) is 0.893. The van der Waals surface area contributed by atoms with E-state index in [-0.39, 0.29) is 30.4 Å². The molecular weight excluding hydrogens is 258 g/mol. The third-order valence-corrected chi connectivity index (χ3v) is 4.23. The van der Waals surface area contributed by atoms with E-state index in [4.69, 9.17) is 5.73 Å². The summed E-state index contributed by atoms with van der Waals surface area (Å²) >= 11 is 1.47. The van der Waals surface area contributed by atoms with Crippen LogP contribution in [0.2, 0.25) is 0 Å². The van der Waals surface area contributed by atoms with Gasteiger partial charge in [-0.15, -0.1) is 23.7 Å². The number of rotatable bonds is 1. The van der Waals surface area contributed by atoms with Crippen LogP contribution in [0.25, 0.3) is 0 Å². The lowest BCUT2D eigenvalue weighted by atomic mass is 10.2. The number of carbonyl (C=O) groups excluding carboxylic acids is 1. The highest BCUT2D eigenvalue weighted by atomic mass is 35.5. The molecule has 2 atom stereocenters. The first-order valence-corrected chi connectivity index (χ1v) is 6.33. The zero-order valence-electron chi connectivity index (χ0n) is 10.3. The number of likely N-dealkylation sites (tertiary alicyclic amines) is 1. The molecule has 2 N–H and O–H groups in total. The molecule has 1 fully saturated rings. The van der Waals surface area contributed by atoms with Gasteiger partial charge in [0.15, 0.2) is 0 Å². The van der Waals surface area contributed by atoms with E-state index >= 15 is 0 Å². The Hall–Kier alpha value is -0.650. The maximum Gasteiger partial charge on any atom is 0.266 e. The number of hydrogen-bond donors (Lipinski definition) is 1. The summed E-state index contributed by atoms with van der Waals surface area (Å²) in [4.78, 5) is 19.2. The molecule has 2 heterocycles. The molecule has 0 spiro atoms. The van der Waals surface area contributed by atoms with Crippen molar-refractivity contribution in [3.8, 4) is 0 Å². The van der Waals surface area contributed by atoms with E-state index in [1.54, 1.807) is 0 Å². The van der Waals surface area contributed by atoms with Crippen LogP contribution in [-0.2, 0) is 0 Å². The maximum absolute atomic E-state index is 12.3. The van der Waals surface area contributed by atoms with Crippen molar-refractivity contribution < 1.29 is 4.79 Å². The topological polar surface area (TPSA) is 59.2 Å². The SMILES string of the molecule is Cc1nc(C)c(C(=O)N2CCC(N)C2C)s1.Cl. The van der Waals surface area contributed by atoms with E-state index in [0.717, 1.165) is 28.5 Å². The fourth-order valence-corrected chi connectivity index (χ4v) is 2.99. The minimum atomic E-state index is 0. The molecule has 0 aliphatic carbocycles.